The van der Waals surface area contributed by atoms with Crippen molar-refractivity contribution in [2.75, 3.05) is 6.61 Å². The van der Waals surface area contributed by atoms with Crippen LogP contribution in [0.15, 0.2) is 18.5 Å². The summed E-state index contributed by atoms with van der Waals surface area (Å²) in [4.78, 5) is 3.94. The molecule has 0 saturated heterocycles. The molecule has 1 N–H and O–H groups in total. The van der Waals surface area contributed by atoms with Gasteiger partial charge in [0.2, 0.25) is 0 Å². The van der Waals surface area contributed by atoms with Crippen molar-refractivity contribution in [3.8, 4) is 5.75 Å². The SMILES string of the molecule is CC(C)NCc1cnccc1OCCC(F)(F)F. The van der Waals surface area contributed by atoms with E-state index in [0.717, 1.165) is 5.56 Å². The Balaban J connectivity index is 2.53. The van der Waals surface area contributed by atoms with Gasteiger partial charge in [-0.15, -0.1) is 0 Å². The number of hydrogen-bond donors (Lipinski definition) is 1. The Bertz CT molecular complexity index is 367. The van der Waals surface area contributed by atoms with Gasteiger partial charge in [-0.1, -0.05) is 13.8 Å². The first-order valence-corrected chi connectivity index (χ1v) is 5.74. The Morgan fingerprint density at radius 1 is 1.39 bits per heavy atom. The Morgan fingerprint density at radius 2 is 2.11 bits per heavy atom. The van der Waals surface area contributed by atoms with Crippen molar-refractivity contribution in [1.82, 2.24) is 10.3 Å². The highest BCUT2D eigenvalue weighted by Gasteiger charge is 2.26. The quantitative estimate of drug-likeness (QED) is 0.856. The van der Waals surface area contributed by atoms with Gasteiger partial charge in [0.1, 0.15) is 5.75 Å². The molecule has 18 heavy (non-hydrogen) atoms. The van der Waals surface area contributed by atoms with Crippen LogP contribution in [0, 0.1) is 0 Å². The van der Waals surface area contributed by atoms with Crippen LogP contribution in [0.25, 0.3) is 0 Å². The highest BCUT2D eigenvalue weighted by Crippen LogP contribution is 2.22. The molecule has 0 saturated carbocycles. The Hall–Kier alpha value is -1.30. The van der Waals surface area contributed by atoms with Gasteiger partial charge in [-0.2, -0.15) is 13.2 Å². The zero-order chi connectivity index (χ0) is 13.6. The average Bonchev–Trinajstić information content (AvgIpc) is 2.26. The van der Waals surface area contributed by atoms with E-state index in [0.29, 0.717) is 12.3 Å². The number of aromatic nitrogens is 1. The van der Waals surface area contributed by atoms with Crippen LogP contribution in [0.3, 0.4) is 0 Å². The van der Waals surface area contributed by atoms with Gasteiger partial charge in [-0.05, 0) is 6.07 Å². The van der Waals surface area contributed by atoms with Crippen LogP contribution in [0.5, 0.6) is 5.75 Å². The molecule has 0 aliphatic rings. The number of nitrogens with one attached hydrogen (secondary N) is 1. The van der Waals surface area contributed by atoms with Crippen molar-refractivity contribution in [2.24, 2.45) is 0 Å². The van der Waals surface area contributed by atoms with Gasteiger partial charge in [0, 0.05) is 30.5 Å². The number of hydrogen-bond acceptors (Lipinski definition) is 3. The molecule has 0 unspecified atom stereocenters. The van der Waals surface area contributed by atoms with Crippen LogP contribution in [-0.4, -0.2) is 23.8 Å². The summed E-state index contributed by atoms with van der Waals surface area (Å²) in [7, 11) is 0. The lowest BCUT2D eigenvalue weighted by molar-refractivity contribution is -0.139. The summed E-state index contributed by atoms with van der Waals surface area (Å²) in [6, 6.07) is 1.86. The lowest BCUT2D eigenvalue weighted by Crippen LogP contribution is -2.22. The van der Waals surface area contributed by atoms with E-state index in [4.69, 9.17) is 4.74 Å². The number of nitrogens with zero attached hydrogens (tertiary/aromatic N) is 1. The van der Waals surface area contributed by atoms with E-state index in [1.807, 2.05) is 13.8 Å². The second kappa shape index (κ2) is 6.58. The number of ether oxygens (including phenoxy) is 1. The molecule has 1 aromatic rings. The van der Waals surface area contributed by atoms with Crippen molar-refractivity contribution in [1.29, 1.82) is 0 Å². The highest BCUT2D eigenvalue weighted by molar-refractivity contribution is 5.29. The third-order valence-corrected chi connectivity index (χ3v) is 2.20. The number of pyridine rings is 1. The van der Waals surface area contributed by atoms with E-state index in [1.54, 1.807) is 12.3 Å². The van der Waals surface area contributed by atoms with E-state index in [1.165, 1.54) is 6.20 Å². The van der Waals surface area contributed by atoms with Crippen molar-refractivity contribution >= 4 is 0 Å². The Kier molecular flexibility index (Phi) is 5.40. The molecule has 3 nitrogen and oxygen atoms in total. The first-order valence-electron chi connectivity index (χ1n) is 5.74. The molecule has 0 aliphatic carbocycles. The minimum atomic E-state index is -4.19. The van der Waals surface area contributed by atoms with Gasteiger partial charge in [0.05, 0.1) is 13.0 Å². The number of alkyl halides is 3. The lowest BCUT2D eigenvalue weighted by atomic mass is 10.2. The molecule has 0 aromatic carbocycles. The van der Waals surface area contributed by atoms with Crippen molar-refractivity contribution < 1.29 is 17.9 Å². The third-order valence-electron chi connectivity index (χ3n) is 2.20. The second-order valence-electron chi connectivity index (χ2n) is 4.23. The fraction of sp³-hybridized carbons (Fsp3) is 0.583. The molecule has 0 aliphatic heterocycles. The van der Waals surface area contributed by atoms with Crippen LogP contribution in [0.1, 0.15) is 25.8 Å². The van der Waals surface area contributed by atoms with E-state index < -0.39 is 12.6 Å². The average molecular weight is 262 g/mol. The summed E-state index contributed by atoms with van der Waals surface area (Å²) in [5.41, 5.74) is 0.758. The molecule has 0 bridgehead atoms. The molecular weight excluding hydrogens is 245 g/mol. The highest BCUT2D eigenvalue weighted by atomic mass is 19.4. The van der Waals surface area contributed by atoms with Crippen LogP contribution >= 0.6 is 0 Å². The van der Waals surface area contributed by atoms with Crippen LogP contribution in [0.2, 0.25) is 0 Å². The van der Waals surface area contributed by atoms with Crippen LogP contribution in [0.4, 0.5) is 13.2 Å². The molecule has 0 radical (unpaired) electrons. The minimum absolute atomic E-state index is 0.285. The normalized spacial score (nSPS) is 11.9. The summed E-state index contributed by atoms with van der Waals surface area (Å²) >= 11 is 0. The Labute approximate surface area is 104 Å². The van der Waals surface area contributed by atoms with E-state index >= 15 is 0 Å². The summed E-state index contributed by atoms with van der Waals surface area (Å²) < 4.78 is 41.2. The maximum atomic E-state index is 12.0. The van der Waals surface area contributed by atoms with Gasteiger partial charge in [0.15, 0.2) is 0 Å². The molecule has 1 aromatic heterocycles. The molecule has 102 valence electrons. The molecule has 1 heterocycles. The smallest absolute Gasteiger partial charge is 0.392 e. The first-order chi connectivity index (χ1) is 8.38. The van der Waals surface area contributed by atoms with E-state index in [-0.39, 0.29) is 12.6 Å². The molecule has 0 amide bonds. The van der Waals surface area contributed by atoms with Gasteiger partial charge in [0.25, 0.3) is 0 Å². The fourth-order valence-electron chi connectivity index (χ4n) is 1.28. The zero-order valence-corrected chi connectivity index (χ0v) is 10.4. The van der Waals surface area contributed by atoms with Crippen molar-refractivity contribution in [3.05, 3.63) is 24.0 Å². The van der Waals surface area contributed by atoms with Gasteiger partial charge >= 0.3 is 6.18 Å². The summed E-state index contributed by atoms with van der Waals surface area (Å²) in [6.45, 7) is 4.12. The largest absolute Gasteiger partial charge is 0.493 e. The third kappa shape index (κ3) is 5.86. The molecule has 6 heteroatoms. The van der Waals surface area contributed by atoms with Gasteiger partial charge < -0.3 is 10.1 Å². The second-order valence-corrected chi connectivity index (χ2v) is 4.23. The lowest BCUT2D eigenvalue weighted by Gasteiger charge is -2.13. The number of halogens is 3. The Morgan fingerprint density at radius 3 is 2.72 bits per heavy atom. The molecule has 1 rings (SSSR count). The van der Waals surface area contributed by atoms with Crippen LogP contribution < -0.4 is 10.1 Å². The maximum Gasteiger partial charge on any atom is 0.392 e. The topological polar surface area (TPSA) is 34.2 Å². The number of rotatable bonds is 6. The van der Waals surface area contributed by atoms with E-state index in [2.05, 4.69) is 10.3 Å². The fourth-order valence-corrected chi connectivity index (χ4v) is 1.28. The van der Waals surface area contributed by atoms with Crippen molar-refractivity contribution in [3.63, 3.8) is 0 Å². The summed E-state index contributed by atoms with van der Waals surface area (Å²) in [5.74, 6) is 0.447. The molecule has 0 fully saturated rings. The molecular formula is C12H17F3N2O. The first kappa shape index (κ1) is 14.8. The zero-order valence-electron chi connectivity index (χ0n) is 10.4. The molecule has 0 spiro atoms. The summed E-state index contributed by atoms with van der Waals surface area (Å²) in [5, 5.41) is 3.17. The van der Waals surface area contributed by atoms with Crippen LogP contribution in [-0.2, 0) is 6.54 Å². The van der Waals surface area contributed by atoms with E-state index in [9.17, 15) is 13.2 Å². The van der Waals surface area contributed by atoms with Crippen molar-refractivity contribution in [2.45, 2.75) is 39.0 Å². The monoisotopic (exact) mass is 262 g/mol. The predicted octanol–water partition coefficient (Wildman–Crippen LogP) is 2.91. The predicted molar refractivity (Wildman–Crippen MR) is 62.4 cm³/mol. The maximum absolute atomic E-state index is 12.0. The van der Waals surface area contributed by atoms with Gasteiger partial charge in [-0.3, -0.25) is 4.98 Å². The standard InChI is InChI=1S/C12H17F3N2O/c1-9(2)17-8-10-7-16-5-3-11(10)18-6-4-12(13,14)15/h3,5,7,9,17H,4,6,8H2,1-2H3. The molecule has 0 atom stereocenters. The van der Waals surface area contributed by atoms with Gasteiger partial charge in [-0.25, -0.2) is 0 Å². The summed E-state index contributed by atoms with van der Waals surface area (Å²) in [6.07, 6.45) is -2.05. The minimum Gasteiger partial charge on any atom is -0.493 e.